The van der Waals surface area contributed by atoms with Crippen LogP contribution < -0.4 is 9.47 Å². The van der Waals surface area contributed by atoms with Crippen LogP contribution in [0.2, 0.25) is 0 Å². The Morgan fingerprint density at radius 3 is 2.53 bits per heavy atom. The third-order valence-electron chi connectivity index (χ3n) is 1.82. The van der Waals surface area contributed by atoms with Crippen molar-refractivity contribution in [2.24, 2.45) is 0 Å². The third kappa shape index (κ3) is 3.07. The van der Waals surface area contributed by atoms with Crippen LogP contribution in [-0.4, -0.2) is 14.2 Å². The Morgan fingerprint density at radius 1 is 1.27 bits per heavy atom. The van der Waals surface area contributed by atoms with Crippen LogP contribution in [0.1, 0.15) is 12.5 Å². The van der Waals surface area contributed by atoms with Crippen LogP contribution in [0.25, 0.3) is 0 Å². The van der Waals surface area contributed by atoms with E-state index in [1.54, 1.807) is 14.2 Å². The molecule has 0 atom stereocenters. The Balaban J connectivity index is 3.09. The Bertz CT molecular complexity index is 422. The van der Waals surface area contributed by atoms with Crippen LogP contribution in [0.15, 0.2) is 30.4 Å². The molecule has 0 radical (unpaired) electrons. The summed E-state index contributed by atoms with van der Waals surface area (Å²) in [6.45, 7) is 5.58. The van der Waals surface area contributed by atoms with Gasteiger partial charge in [0, 0.05) is 6.07 Å². The number of methoxy groups -OCH3 is 2. The molecule has 2 nitrogen and oxygen atoms in total. The SMILES string of the molecule is C=C(C)C#Cc1ccc(OC)cc1OC. The zero-order valence-corrected chi connectivity index (χ0v) is 9.26. The van der Waals surface area contributed by atoms with Gasteiger partial charge in [0.15, 0.2) is 0 Å². The molecule has 0 aromatic heterocycles. The summed E-state index contributed by atoms with van der Waals surface area (Å²) in [4.78, 5) is 0. The highest BCUT2D eigenvalue weighted by Crippen LogP contribution is 2.23. The van der Waals surface area contributed by atoms with Gasteiger partial charge in [0.1, 0.15) is 11.5 Å². The lowest BCUT2D eigenvalue weighted by atomic mass is 10.2. The summed E-state index contributed by atoms with van der Waals surface area (Å²) in [7, 11) is 3.23. The average Bonchev–Trinajstić information content (AvgIpc) is 2.25. The fraction of sp³-hybridized carbons (Fsp3) is 0.231. The van der Waals surface area contributed by atoms with Crippen molar-refractivity contribution in [2.45, 2.75) is 6.92 Å². The molecule has 0 bridgehead atoms. The van der Waals surface area contributed by atoms with E-state index in [9.17, 15) is 0 Å². The second-order valence-corrected chi connectivity index (χ2v) is 3.10. The van der Waals surface area contributed by atoms with Crippen LogP contribution in [-0.2, 0) is 0 Å². The average molecular weight is 202 g/mol. The van der Waals surface area contributed by atoms with Gasteiger partial charge in [0.05, 0.1) is 19.8 Å². The molecule has 0 saturated carbocycles. The van der Waals surface area contributed by atoms with E-state index in [1.807, 2.05) is 25.1 Å². The van der Waals surface area contributed by atoms with Crippen molar-refractivity contribution >= 4 is 0 Å². The van der Waals surface area contributed by atoms with E-state index in [4.69, 9.17) is 9.47 Å². The minimum atomic E-state index is 0.711. The predicted octanol–water partition coefficient (Wildman–Crippen LogP) is 2.63. The maximum atomic E-state index is 5.21. The molecule has 2 heteroatoms. The number of hydrogen-bond acceptors (Lipinski definition) is 2. The normalized spacial score (nSPS) is 8.73. The molecule has 0 aliphatic heterocycles. The summed E-state index contributed by atoms with van der Waals surface area (Å²) in [6, 6.07) is 5.53. The second-order valence-electron chi connectivity index (χ2n) is 3.10. The summed E-state index contributed by atoms with van der Waals surface area (Å²) in [6.07, 6.45) is 0. The highest BCUT2D eigenvalue weighted by molar-refractivity contribution is 5.51. The summed E-state index contributed by atoms with van der Waals surface area (Å²) < 4.78 is 10.3. The lowest BCUT2D eigenvalue weighted by molar-refractivity contribution is 0.393. The smallest absolute Gasteiger partial charge is 0.138 e. The number of rotatable bonds is 2. The molecular weight excluding hydrogens is 188 g/mol. The molecule has 0 saturated heterocycles. The molecule has 0 fully saturated rings. The minimum Gasteiger partial charge on any atom is -0.497 e. The fourth-order valence-electron chi connectivity index (χ4n) is 1.08. The summed E-state index contributed by atoms with van der Waals surface area (Å²) in [5.41, 5.74) is 1.66. The van der Waals surface area contributed by atoms with E-state index in [1.165, 1.54) is 0 Å². The first-order valence-electron chi connectivity index (χ1n) is 4.57. The Kier molecular flexibility index (Phi) is 3.82. The lowest BCUT2D eigenvalue weighted by Gasteiger charge is -2.05. The number of hydrogen-bond donors (Lipinski definition) is 0. The quantitative estimate of drug-likeness (QED) is 0.686. The maximum absolute atomic E-state index is 5.21. The van der Waals surface area contributed by atoms with Crippen molar-refractivity contribution in [3.05, 3.63) is 35.9 Å². The van der Waals surface area contributed by atoms with Gasteiger partial charge in [-0.3, -0.25) is 0 Å². The van der Waals surface area contributed by atoms with Crippen LogP contribution in [0.4, 0.5) is 0 Å². The Hall–Kier alpha value is -1.88. The Morgan fingerprint density at radius 2 is 2.00 bits per heavy atom. The van der Waals surface area contributed by atoms with Gasteiger partial charge in [-0.25, -0.2) is 0 Å². The van der Waals surface area contributed by atoms with Crippen molar-refractivity contribution in [1.29, 1.82) is 0 Å². The van der Waals surface area contributed by atoms with E-state index in [-0.39, 0.29) is 0 Å². The van der Waals surface area contributed by atoms with Crippen LogP contribution >= 0.6 is 0 Å². The highest BCUT2D eigenvalue weighted by atomic mass is 16.5. The third-order valence-corrected chi connectivity index (χ3v) is 1.82. The fourth-order valence-corrected chi connectivity index (χ4v) is 1.08. The van der Waals surface area contributed by atoms with Crippen molar-refractivity contribution in [3.63, 3.8) is 0 Å². The summed E-state index contributed by atoms with van der Waals surface area (Å²) >= 11 is 0. The Labute approximate surface area is 90.5 Å². The second kappa shape index (κ2) is 5.11. The summed E-state index contributed by atoms with van der Waals surface area (Å²) in [5, 5.41) is 0. The first-order valence-corrected chi connectivity index (χ1v) is 4.57. The van der Waals surface area contributed by atoms with Gasteiger partial charge in [-0.2, -0.15) is 0 Å². The topological polar surface area (TPSA) is 18.5 Å². The largest absolute Gasteiger partial charge is 0.497 e. The van der Waals surface area contributed by atoms with Gasteiger partial charge in [0.25, 0.3) is 0 Å². The van der Waals surface area contributed by atoms with Gasteiger partial charge < -0.3 is 9.47 Å². The molecule has 78 valence electrons. The molecule has 15 heavy (non-hydrogen) atoms. The minimum absolute atomic E-state index is 0.711. The van der Waals surface area contributed by atoms with Crippen LogP contribution in [0, 0.1) is 11.8 Å². The molecule has 1 rings (SSSR count). The van der Waals surface area contributed by atoms with Crippen LogP contribution in [0.3, 0.4) is 0 Å². The van der Waals surface area contributed by atoms with E-state index >= 15 is 0 Å². The molecule has 1 aromatic carbocycles. The van der Waals surface area contributed by atoms with E-state index in [2.05, 4.69) is 18.4 Å². The lowest BCUT2D eigenvalue weighted by Crippen LogP contribution is -1.90. The van der Waals surface area contributed by atoms with E-state index in [0.717, 1.165) is 16.9 Å². The molecule has 1 aromatic rings. The summed E-state index contributed by atoms with van der Waals surface area (Å²) in [5.74, 6) is 7.36. The standard InChI is InChI=1S/C13H14O2/c1-10(2)5-6-11-7-8-12(14-3)9-13(11)15-4/h7-9H,1H2,2-4H3. The first-order chi connectivity index (χ1) is 7.17. The first kappa shape index (κ1) is 11.2. The van der Waals surface area contributed by atoms with Gasteiger partial charge in [-0.05, 0) is 24.6 Å². The molecule has 0 N–H and O–H groups in total. The molecule has 0 spiro atoms. The molecule has 0 aliphatic rings. The van der Waals surface area contributed by atoms with Crippen molar-refractivity contribution < 1.29 is 9.47 Å². The maximum Gasteiger partial charge on any atom is 0.138 e. The monoisotopic (exact) mass is 202 g/mol. The molecular formula is C13H14O2. The molecule has 0 heterocycles. The zero-order valence-electron chi connectivity index (χ0n) is 9.26. The van der Waals surface area contributed by atoms with Gasteiger partial charge in [-0.1, -0.05) is 18.4 Å². The molecule has 0 amide bonds. The highest BCUT2D eigenvalue weighted by Gasteiger charge is 2.01. The van der Waals surface area contributed by atoms with E-state index in [0.29, 0.717) is 5.75 Å². The molecule has 0 unspecified atom stereocenters. The molecule has 0 aliphatic carbocycles. The van der Waals surface area contributed by atoms with Crippen LogP contribution in [0.5, 0.6) is 11.5 Å². The predicted molar refractivity (Wildman–Crippen MR) is 61.2 cm³/mol. The van der Waals surface area contributed by atoms with E-state index < -0.39 is 0 Å². The number of allylic oxidation sites excluding steroid dienone is 1. The van der Waals surface area contributed by atoms with Crippen molar-refractivity contribution in [1.82, 2.24) is 0 Å². The number of ether oxygens (including phenoxy) is 2. The van der Waals surface area contributed by atoms with Crippen molar-refractivity contribution in [2.75, 3.05) is 14.2 Å². The van der Waals surface area contributed by atoms with Gasteiger partial charge in [0.2, 0.25) is 0 Å². The van der Waals surface area contributed by atoms with Gasteiger partial charge >= 0.3 is 0 Å². The van der Waals surface area contributed by atoms with Gasteiger partial charge in [-0.15, -0.1) is 0 Å². The number of benzene rings is 1. The zero-order chi connectivity index (χ0) is 11.3. The van der Waals surface area contributed by atoms with Crippen molar-refractivity contribution in [3.8, 4) is 23.3 Å².